The highest BCUT2D eigenvalue weighted by atomic mass is 16.5. The van der Waals surface area contributed by atoms with Crippen molar-refractivity contribution in [2.45, 2.75) is 25.7 Å². The number of para-hydroxylation sites is 1. The molecular formula is C20H27N3O3. The molecule has 1 spiro atoms. The molecule has 26 heavy (non-hydrogen) atoms. The molecule has 0 bridgehead atoms. The Kier molecular flexibility index (Phi) is 6.28. The molecule has 1 aromatic carbocycles. The Hall–Kier alpha value is -2.34. The first kappa shape index (κ1) is 18.5. The molecule has 1 aromatic rings. The third-order valence-corrected chi connectivity index (χ3v) is 5.12. The highest BCUT2D eigenvalue weighted by Crippen LogP contribution is 2.33. The van der Waals surface area contributed by atoms with E-state index in [-0.39, 0.29) is 23.8 Å². The molecule has 1 fully saturated rings. The number of benzene rings is 1. The molecule has 3 N–H and O–H groups in total. The number of rotatable bonds is 0. The molecule has 1 saturated heterocycles. The Labute approximate surface area is 154 Å². The van der Waals surface area contributed by atoms with Gasteiger partial charge in [-0.3, -0.25) is 9.59 Å². The van der Waals surface area contributed by atoms with Gasteiger partial charge >= 0.3 is 0 Å². The number of nitrogens with one attached hydrogen (secondary N) is 3. The quantitative estimate of drug-likeness (QED) is 0.609. The molecule has 2 aliphatic heterocycles. The number of carbonyl (C=O) groups is 2. The van der Waals surface area contributed by atoms with Gasteiger partial charge in [0.25, 0.3) is 5.91 Å². The highest BCUT2D eigenvalue weighted by molar-refractivity contribution is 5.83. The Morgan fingerprint density at radius 1 is 0.923 bits per heavy atom. The van der Waals surface area contributed by atoms with E-state index in [0.29, 0.717) is 19.5 Å². The van der Waals surface area contributed by atoms with Crippen molar-refractivity contribution in [2.75, 3.05) is 32.8 Å². The van der Waals surface area contributed by atoms with E-state index in [2.05, 4.69) is 28.1 Å². The van der Waals surface area contributed by atoms with E-state index in [4.69, 9.17) is 4.74 Å². The molecule has 2 amide bonds. The first-order valence-electron chi connectivity index (χ1n) is 9.31. The normalized spacial score (nSPS) is 22.8. The highest BCUT2D eigenvalue weighted by Gasteiger charge is 2.38. The topological polar surface area (TPSA) is 79.5 Å². The monoisotopic (exact) mass is 357 g/mol. The molecular weight excluding hydrogens is 330 g/mol. The van der Waals surface area contributed by atoms with Crippen molar-refractivity contribution < 1.29 is 14.3 Å². The SMILES string of the molecule is O=C1COc2ccccc2C/C=C/CC2(CCNCC2)C(=O)NCCN1. The van der Waals surface area contributed by atoms with E-state index < -0.39 is 0 Å². The molecule has 140 valence electrons. The molecule has 0 atom stereocenters. The van der Waals surface area contributed by atoms with Crippen molar-refractivity contribution in [1.29, 1.82) is 0 Å². The maximum atomic E-state index is 12.8. The van der Waals surface area contributed by atoms with Gasteiger partial charge < -0.3 is 20.7 Å². The molecule has 6 heteroatoms. The minimum absolute atomic E-state index is 0.0235. The number of amides is 2. The third-order valence-electron chi connectivity index (χ3n) is 5.12. The molecule has 2 aliphatic rings. The summed E-state index contributed by atoms with van der Waals surface area (Å²) in [5.74, 6) is 0.633. The van der Waals surface area contributed by atoms with E-state index in [9.17, 15) is 9.59 Å². The minimum atomic E-state index is -0.359. The Morgan fingerprint density at radius 3 is 2.54 bits per heavy atom. The summed E-state index contributed by atoms with van der Waals surface area (Å²) in [5.41, 5.74) is 0.678. The lowest BCUT2D eigenvalue weighted by Crippen LogP contribution is -2.49. The van der Waals surface area contributed by atoms with Crippen LogP contribution in [0, 0.1) is 5.41 Å². The zero-order valence-electron chi connectivity index (χ0n) is 15.1. The summed E-state index contributed by atoms with van der Waals surface area (Å²) in [4.78, 5) is 24.7. The first-order chi connectivity index (χ1) is 12.7. The van der Waals surface area contributed by atoms with Crippen LogP contribution in [0.1, 0.15) is 24.8 Å². The number of piperidine rings is 1. The second kappa shape index (κ2) is 8.85. The zero-order chi connectivity index (χ0) is 18.2. The molecule has 0 saturated carbocycles. The van der Waals surface area contributed by atoms with Crippen LogP contribution in [0.2, 0.25) is 0 Å². The third kappa shape index (κ3) is 4.64. The van der Waals surface area contributed by atoms with Crippen molar-refractivity contribution >= 4 is 11.8 Å². The van der Waals surface area contributed by atoms with Gasteiger partial charge in [-0.1, -0.05) is 30.4 Å². The lowest BCUT2D eigenvalue weighted by Gasteiger charge is -2.35. The lowest BCUT2D eigenvalue weighted by atomic mass is 9.75. The number of ether oxygens (including phenoxy) is 1. The number of allylic oxidation sites excluding steroid dienone is 2. The summed E-state index contributed by atoms with van der Waals surface area (Å²) in [6.07, 6.45) is 7.32. The van der Waals surface area contributed by atoms with Crippen LogP contribution in [0.15, 0.2) is 36.4 Å². The van der Waals surface area contributed by atoms with Crippen LogP contribution < -0.4 is 20.7 Å². The van der Waals surface area contributed by atoms with E-state index in [1.807, 2.05) is 24.3 Å². The van der Waals surface area contributed by atoms with E-state index in [1.165, 1.54) is 0 Å². The minimum Gasteiger partial charge on any atom is -0.483 e. The summed E-state index contributed by atoms with van der Waals surface area (Å²) in [6, 6.07) is 7.75. The number of hydrogen-bond donors (Lipinski definition) is 3. The van der Waals surface area contributed by atoms with Crippen LogP contribution in [-0.4, -0.2) is 44.6 Å². The predicted octanol–water partition coefficient (Wildman–Crippen LogP) is 1.17. The fourth-order valence-electron chi connectivity index (χ4n) is 3.52. The predicted molar refractivity (Wildman–Crippen MR) is 100.0 cm³/mol. The van der Waals surface area contributed by atoms with Crippen LogP contribution in [0.3, 0.4) is 0 Å². The smallest absolute Gasteiger partial charge is 0.258 e. The summed E-state index contributed by atoms with van der Waals surface area (Å²) in [7, 11) is 0. The van der Waals surface area contributed by atoms with Crippen LogP contribution in [0.5, 0.6) is 5.75 Å². The Balaban J connectivity index is 1.78. The fraction of sp³-hybridized carbons (Fsp3) is 0.500. The van der Waals surface area contributed by atoms with E-state index in [0.717, 1.165) is 43.7 Å². The van der Waals surface area contributed by atoms with Gasteiger partial charge in [-0.2, -0.15) is 0 Å². The first-order valence-corrected chi connectivity index (χ1v) is 9.31. The Bertz CT molecular complexity index is 666. The van der Waals surface area contributed by atoms with Gasteiger partial charge in [-0.15, -0.1) is 0 Å². The second-order valence-electron chi connectivity index (χ2n) is 6.91. The lowest BCUT2D eigenvalue weighted by molar-refractivity contribution is -0.132. The maximum absolute atomic E-state index is 12.8. The second-order valence-corrected chi connectivity index (χ2v) is 6.91. The standard InChI is InChI=1S/C20H27N3O3/c24-18-15-26-17-7-2-1-5-16(17)6-3-4-8-20(9-11-21-12-10-20)19(25)23-14-13-22-18/h1-5,7,21H,6,8-15H2,(H,22,24)(H,23,25)/b4-3+. The molecule has 3 rings (SSSR count). The van der Waals surface area contributed by atoms with Gasteiger partial charge in [0.1, 0.15) is 5.75 Å². The van der Waals surface area contributed by atoms with Gasteiger partial charge in [0.15, 0.2) is 6.61 Å². The number of carbonyl (C=O) groups excluding carboxylic acids is 2. The number of hydrogen-bond acceptors (Lipinski definition) is 4. The van der Waals surface area contributed by atoms with Gasteiger partial charge in [0.05, 0.1) is 5.41 Å². The van der Waals surface area contributed by atoms with Gasteiger partial charge in [0.2, 0.25) is 5.91 Å². The average Bonchev–Trinajstić information content (AvgIpc) is 2.68. The maximum Gasteiger partial charge on any atom is 0.258 e. The molecule has 0 unspecified atom stereocenters. The largest absolute Gasteiger partial charge is 0.483 e. The average molecular weight is 357 g/mol. The fourth-order valence-corrected chi connectivity index (χ4v) is 3.52. The molecule has 0 radical (unpaired) electrons. The van der Waals surface area contributed by atoms with Crippen molar-refractivity contribution in [3.63, 3.8) is 0 Å². The zero-order valence-corrected chi connectivity index (χ0v) is 15.1. The van der Waals surface area contributed by atoms with Crippen molar-refractivity contribution in [3.8, 4) is 5.75 Å². The Morgan fingerprint density at radius 2 is 1.69 bits per heavy atom. The van der Waals surface area contributed by atoms with Crippen LogP contribution >= 0.6 is 0 Å². The van der Waals surface area contributed by atoms with E-state index >= 15 is 0 Å². The number of fused-ring (bicyclic) bond motifs is 1. The molecule has 0 aromatic heterocycles. The van der Waals surface area contributed by atoms with Gasteiger partial charge in [0, 0.05) is 13.1 Å². The van der Waals surface area contributed by atoms with Crippen LogP contribution in [0.4, 0.5) is 0 Å². The van der Waals surface area contributed by atoms with E-state index in [1.54, 1.807) is 0 Å². The van der Waals surface area contributed by atoms with Gasteiger partial charge in [-0.05, 0) is 50.4 Å². The van der Waals surface area contributed by atoms with Crippen LogP contribution in [0.25, 0.3) is 0 Å². The summed E-state index contributed by atoms with van der Waals surface area (Å²) < 4.78 is 5.67. The van der Waals surface area contributed by atoms with Crippen molar-refractivity contribution in [2.24, 2.45) is 5.41 Å². The molecule has 0 aliphatic carbocycles. The molecule has 2 heterocycles. The molecule has 6 nitrogen and oxygen atoms in total. The van der Waals surface area contributed by atoms with Crippen molar-refractivity contribution in [1.82, 2.24) is 16.0 Å². The van der Waals surface area contributed by atoms with Crippen molar-refractivity contribution in [3.05, 3.63) is 42.0 Å². The summed E-state index contributed by atoms with van der Waals surface area (Å²) >= 11 is 0. The summed E-state index contributed by atoms with van der Waals surface area (Å²) in [5, 5.41) is 9.11. The summed E-state index contributed by atoms with van der Waals surface area (Å²) in [6.45, 7) is 2.52. The van der Waals surface area contributed by atoms with Crippen LogP contribution in [-0.2, 0) is 16.0 Å². The van der Waals surface area contributed by atoms with Gasteiger partial charge in [-0.25, -0.2) is 0 Å².